The summed E-state index contributed by atoms with van der Waals surface area (Å²) < 4.78 is 2.96. The Kier molecular flexibility index (Phi) is 3.96. The minimum absolute atomic E-state index is 0.278. The molecule has 3 aromatic rings. The highest BCUT2D eigenvalue weighted by Crippen LogP contribution is 2.32. The number of nitrogens with one attached hydrogen (secondary N) is 1. The summed E-state index contributed by atoms with van der Waals surface area (Å²) in [6.07, 6.45) is 2.17. The SMILES string of the molecule is CCCC(c1cccs1)n1c(=S)[nH]c2ccc(Cl)cc21. The molecule has 2 heterocycles. The number of fused-ring (bicyclic) bond motifs is 1. The highest BCUT2D eigenvalue weighted by molar-refractivity contribution is 7.71. The maximum absolute atomic E-state index is 6.15. The summed E-state index contributed by atoms with van der Waals surface area (Å²) in [5.74, 6) is 0. The van der Waals surface area contributed by atoms with Gasteiger partial charge >= 0.3 is 0 Å². The topological polar surface area (TPSA) is 20.7 Å². The number of benzene rings is 1. The van der Waals surface area contributed by atoms with Gasteiger partial charge < -0.3 is 9.55 Å². The van der Waals surface area contributed by atoms with Crippen molar-refractivity contribution in [3.8, 4) is 0 Å². The van der Waals surface area contributed by atoms with Crippen molar-refractivity contribution in [3.63, 3.8) is 0 Å². The molecule has 0 aliphatic heterocycles. The van der Waals surface area contributed by atoms with E-state index in [0.29, 0.717) is 0 Å². The average Bonchev–Trinajstić information content (AvgIpc) is 3.04. The van der Waals surface area contributed by atoms with E-state index in [-0.39, 0.29) is 6.04 Å². The molecular formula is C15H15ClN2S2. The number of aromatic amines is 1. The second kappa shape index (κ2) is 5.72. The normalized spacial score (nSPS) is 12.9. The van der Waals surface area contributed by atoms with Crippen molar-refractivity contribution in [3.05, 3.63) is 50.4 Å². The lowest BCUT2D eigenvalue weighted by Gasteiger charge is -2.17. The summed E-state index contributed by atoms with van der Waals surface area (Å²) in [4.78, 5) is 4.62. The molecule has 2 aromatic heterocycles. The van der Waals surface area contributed by atoms with Crippen LogP contribution in [0.25, 0.3) is 11.0 Å². The molecule has 0 fully saturated rings. The molecule has 1 unspecified atom stereocenters. The monoisotopic (exact) mass is 322 g/mol. The second-order valence-corrected chi connectivity index (χ2v) is 6.58. The van der Waals surface area contributed by atoms with Gasteiger partial charge in [-0.3, -0.25) is 0 Å². The Morgan fingerprint density at radius 1 is 1.40 bits per heavy atom. The molecule has 0 amide bonds. The van der Waals surface area contributed by atoms with Gasteiger partial charge in [0.05, 0.1) is 17.1 Å². The van der Waals surface area contributed by atoms with Crippen LogP contribution >= 0.6 is 35.2 Å². The third kappa shape index (κ3) is 2.43. The first-order valence-corrected chi connectivity index (χ1v) is 8.30. The molecule has 0 aliphatic rings. The van der Waals surface area contributed by atoms with Gasteiger partial charge in [-0.1, -0.05) is 31.0 Å². The number of hydrogen-bond acceptors (Lipinski definition) is 2. The van der Waals surface area contributed by atoms with Crippen molar-refractivity contribution in [2.45, 2.75) is 25.8 Å². The van der Waals surface area contributed by atoms with E-state index in [0.717, 1.165) is 33.7 Å². The fraction of sp³-hybridized carbons (Fsp3) is 0.267. The summed E-state index contributed by atoms with van der Waals surface area (Å²) in [5.41, 5.74) is 2.12. The molecule has 104 valence electrons. The zero-order valence-corrected chi connectivity index (χ0v) is 13.5. The highest BCUT2D eigenvalue weighted by atomic mass is 35.5. The van der Waals surface area contributed by atoms with Gasteiger partial charge in [0.15, 0.2) is 4.77 Å². The molecule has 0 spiro atoms. The second-order valence-electron chi connectivity index (χ2n) is 4.78. The number of aromatic nitrogens is 2. The standard InChI is InChI=1S/C15H15ClN2S2/c1-2-4-12(14-5-3-8-20-14)18-13-9-10(16)6-7-11(13)17-15(18)19/h3,5-9,12H,2,4H2,1H3,(H,17,19). The molecule has 0 aliphatic carbocycles. The van der Waals surface area contributed by atoms with Crippen LogP contribution in [-0.4, -0.2) is 9.55 Å². The van der Waals surface area contributed by atoms with Crippen LogP contribution in [0.4, 0.5) is 0 Å². The van der Waals surface area contributed by atoms with Crippen LogP contribution < -0.4 is 0 Å². The Morgan fingerprint density at radius 2 is 2.25 bits per heavy atom. The Balaban J connectivity index is 2.22. The minimum atomic E-state index is 0.278. The zero-order valence-electron chi connectivity index (χ0n) is 11.1. The Bertz CT molecular complexity index is 771. The lowest BCUT2D eigenvalue weighted by molar-refractivity contribution is 0.548. The molecule has 5 heteroatoms. The first-order chi connectivity index (χ1) is 9.70. The summed E-state index contributed by atoms with van der Waals surface area (Å²) >= 11 is 13.5. The molecule has 3 rings (SSSR count). The zero-order chi connectivity index (χ0) is 14.1. The van der Waals surface area contributed by atoms with Crippen molar-refractivity contribution in [1.82, 2.24) is 9.55 Å². The lowest BCUT2D eigenvalue weighted by atomic mass is 10.1. The number of thiophene rings is 1. The maximum Gasteiger partial charge on any atom is 0.178 e. The van der Waals surface area contributed by atoms with Gasteiger partial charge in [-0.05, 0) is 48.3 Å². The minimum Gasteiger partial charge on any atom is -0.331 e. The summed E-state index contributed by atoms with van der Waals surface area (Å²) in [7, 11) is 0. The molecule has 0 saturated carbocycles. The summed E-state index contributed by atoms with van der Waals surface area (Å²) in [5, 5.41) is 2.85. The van der Waals surface area contributed by atoms with Crippen molar-refractivity contribution >= 4 is 46.2 Å². The Morgan fingerprint density at radius 3 is 2.95 bits per heavy atom. The van der Waals surface area contributed by atoms with Crippen LogP contribution in [0.5, 0.6) is 0 Å². The quantitative estimate of drug-likeness (QED) is 0.602. The van der Waals surface area contributed by atoms with Gasteiger partial charge in [-0.2, -0.15) is 0 Å². The van der Waals surface area contributed by atoms with E-state index in [1.807, 2.05) is 18.2 Å². The number of nitrogens with zero attached hydrogens (tertiary/aromatic N) is 1. The van der Waals surface area contributed by atoms with Gasteiger partial charge in [0, 0.05) is 9.90 Å². The lowest BCUT2D eigenvalue weighted by Crippen LogP contribution is -2.09. The van der Waals surface area contributed by atoms with E-state index in [9.17, 15) is 0 Å². The molecule has 2 nitrogen and oxygen atoms in total. The Hall–Kier alpha value is -1.10. The van der Waals surface area contributed by atoms with Gasteiger partial charge in [-0.25, -0.2) is 0 Å². The summed E-state index contributed by atoms with van der Waals surface area (Å²) in [6.45, 7) is 2.20. The van der Waals surface area contributed by atoms with E-state index >= 15 is 0 Å². The third-order valence-electron chi connectivity index (χ3n) is 3.43. The van der Waals surface area contributed by atoms with E-state index in [4.69, 9.17) is 23.8 Å². The van der Waals surface area contributed by atoms with Crippen LogP contribution in [-0.2, 0) is 0 Å². The first-order valence-electron chi connectivity index (χ1n) is 6.64. The molecule has 0 saturated heterocycles. The van der Waals surface area contributed by atoms with Crippen molar-refractivity contribution < 1.29 is 0 Å². The molecule has 1 N–H and O–H groups in total. The largest absolute Gasteiger partial charge is 0.331 e. The number of H-pyrrole nitrogens is 1. The van der Waals surface area contributed by atoms with Gasteiger partial charge in [0.25, 0.3) is 0 Å². The molecule has 0 radical (unpaired) electrons. The molecular weight excluding hydrogens is 308 g/mol. The maximum atomic E-state index is 6.15. The van der Waals surface area contributed by atoms with Crippen molar-refractivity contribution in [1.29, 1.82) is 0 Å². The van der Waals surface area contributed by atoms with E-state index in [2.05, 4.69) is 34.0 Å². The van der Waals surface area contributed by atoms with Crippen molar-refractivity contribution in [2.75, 3.05) is 0 Å². The van der Waals surface area contributed by atoms with Crippen LogP contribution in [0.3, 0.4) is 0 Å². The predicted octanol–water partition coefficient (Wildman–Crippen LogP) is 5.80. The number of halogens is 1. The number of rotatable bonds is 4. The van der Waals surface area contributed by atoms with Gasteiger partial charge in [-0.15, -0.1) is 11.3 Å². The van der Waals surface area contributed by atoms with Crippen molar-refractivity contribution in [2.24, 2.45) is 0 Å². The molecule has 20 heavy (non-hydrogen) atoms. The Labute approximate surface area is 132 Å². The van der Waals surface area contributed by atoms with Crippen LogP contribution in [0, 0.1) is 4.77 Å². The van der Waals surface area contributed by atoms with Crippen LogP contribution in [0.15, 0.2) is 35.7 Å². The smallest absolute Gasteiger partial charge is 0.178 e. The molecule has 0 bridgehead atoms. The fourth-order valence-corrected chi connectivity index (χ4v) is 3.91. The molecule has 1 aromatic carbocycles. The summed E-state index contributed by atoms with van der Waals surface area (Å²) in [6, 6.07) is 10.4. The number of hydrogen-bond donors (Lipinski definition) is 1. The average molecular weight is 323 g/mol. The van der Waals surface area contributed by atoms with Gasteiger partial charge in [0.2, 0.25) is 0 Å². The third-order valence-corrected chi connectivity index (χ3v) is 4.93. The van der Waals surface area contributed by atoms with Crippen LogP contribution in [0.2, 0.25) is 5.02 Å². The van der Waals surface area contributed by atoms with E-state index < -0.39 is 0 Å². The van der Waals surface area contributed by atoms with E-state index in [1.54, 1.807) is 11.3 Å². The first kappa shape index (κ1) is 13.9. The van der Waals surface area contributed by atoms with Crippen LogP contribution in [0.1, 0.15) is 30.7 Å². The number of imidazole rings is 1. The molecule has 1 atom stereocenters. The predicted molar refractivity (Wildman–Crippen MR) is 89.5 cm³/mol. The highest BCUT2D eigenvalue weighted by Gasteiger charge is 2.18. The van der Waals surface area contributed by atoms with Gasteiger partial charge in [0.1, 0.15) is 0 Å². The van der Waals surface area contributed by atoms with E-state index in [1.165, 1.54) is 4.88 Å². The fourth-order valence-electron chi connectivity index (χ4n) is 2.56.